The van der Waals surface area contributed by atoms with E-state index < -0.39 is 24.9 Å². The van der Waals surface area contributed by atoms with E-state index in [0.717, 1.165) is 28.6 Å². The van der Waals surface area contributed by atoms with E-state index in [4.69, 9.17) is 9.47 Å². The normalized spacial score (nSPS) is 17.7. The molecular weight excluding hydrogens is 513 g/mol. The monoisotopic (exact) mass is 536 g/mol. The van der Waals surface area contributed by atoms with E-state index in [1.54, 1.807) is 36.3 Å². The van der Waals surface area contributed by atoms with Gasteiger partial charge >= 0.3 is 12.3 Å². The zero-order valence-corrected chi connectivity index (χ0v) is 19.8. The van der Waals surface area contributed by atoms with Crippen molar-refractivity contribution in [3.63, 3.8) is 0 Å². The Morgan fingerprint density at radius 2 is 1.97 bits per heavy atom. The number of nitrogens with one attached hydrogen (secondary N) is 1. The van der Waals surface area contributed by atoms with Crippen LogP contribution in [0.1, 0.15) is 24.3 Å². The first-order chi connectivity index (χ1) is 14.7. The second-order valence-corrected chi connectivity index (χ2v) is 8.36. The summed E-state index contributed by atoms with van der Waals surface area (Å²) in [5, 5.41) is 2.34. The van der Waals surface area contributed by atoms with Crippen LogP contribution in [-0.4, -0.2) is 50.0 Å². The molecule has 1 unspecified atom stereocenters. The molecule has 10 heteroatoms. The Hall–Kier alpha value is -1.97. The van der Waals surface area contributed by atoms with Crippen LogP contribution in [0.25, 0.3) is 0 Å². The van der Waals surface area contributed by atoms with Gasteiger partial charge in [0.25, 0.3) is 0 Å². The molecule has 1 aliphatic heterocycles. The second kappa shape index (κ2) is 11.8. The number of hydrogen-bond donors (Lipinski definition) is 1. The van der Waals surface area contributed by atoms with Crippen LogP contribution in [0.2, 0.25) is 0 Å². The number of hydrogen-bond acceptors (Lipinski definition) is 4. The third-order valence-corrected chi connectivity index (χ3v) is 5.73. The lowest BCUT2D eigenvalue weighted by Crippen LogP contribution is -2.47. The van der Waals surface area contributed by atoms with Crippen molar-refractivity contribution in [3.8, 4) is 5.75 Å². The van der Waals surface area contributed by atoms with Crippen LogP contribution in [0.15, 0.2) is 53.0 Å². The highest BCUT2D eigenvalue weighted by molar-refractivity contribution is 9.10. The summed E-state index contributed by atoms with van der Waals surface area (Å²) in [4.78, 5) is 13.8. The highest BCUT2D eigenvalue weighted by Crippen LogP contribution is 2.31. The first kappa shape index (κ1) is 26.3. The maximum atomic E-state index is 13.6. The number of ether oxygens (including phenoxy) is 2. The van der Waals surface area contributed by atoms with E-state index in [9.17, 15) is 18.0 Å². The lowest BCUT2D eigenvalue weighted by atomic mass is 9.90. The van der Waals surface area contributed by atoms with Crippen molar-refractivity contribution < 1.29 is 27.4 Å². The number of benzene rings is 2. The molecule has 1 fully saturated rings. The summed E-state index contributed by atoms with van der Waals surface area (Å²) in [7, 11) is 1.58. The molecule has 2 aromatic rings. The number of anilines is 1. The number of nitrogens with zero attached hydrogens (tertiary/aromatic N) is 1. The summed E-state index contributed by atoms with van der Waals surface area (Å²) < 4.78 is 51.6. The first-order valence-electron chi connectivity index (χ1n) is 9.91. The van der Waals surface area contributed by atoms with Gasteiger partial charge in [-0.15, -0.1) is 12.4 Å². The molecule has 0 saturated carbocycles. The van der Waals surface area contributed by atoms with Gasteiger partial charge < -0.3 is 9.47 Å². The predicted molar refractivity (Wildman–Crippen MR) is 123 cm³/mol. The van der Waals surface area contributed by atoms with Gasteiger partial charge in [0.15, 0.2) is 0 Å². The topological polar surface area (TPSA) is 50.8 Å². The number of rotatable bonds is 6. The van der Waals surface area contributed by atoms with Gasteiger partial charge in [-0.1, -0.05) is 28.1 Å². The number of likely N-dealkylation sites (tertiary alicyclic amines) is 1. The van der Waals surface area contributed by atoms with E-state index in [1.807, 2.05) is 24.3 Å². The van der Waals surface area contributed by atoms with Crippen LogP contribution in [0.5, 0.6) is 5.75 Å². The number of piperidine rings is 1. The van der Waals surface area contributed by atoms with Crippen molar-refractivity contribution in [3.05, 3.63) is 58.6 Å². The van der Waals surface area contributed by atoms with Gasteiger partial charge in [-0.3, -0.25) is 10.2 Å². The highest BCUT2D eigenvalue weighted by atomic mass is 79.9. The van der Waals surface area contributed by atoms with E-state index >= 15 is 0 Å². The van der Waals surface area contributed by atoms with Gasteiger partial charge in [-0.2, -0.15) is 13.2 Å². The van der Waals surface area contributed by atoms with Crippen LogP contribution in [-0.2, 0) is 4.74 Å². The lowest BCUT2D eigenvalue weighted by Gasteiger charge is -2.35. The molecule has 1 amide bonds. The molecule has 1 saturated heterocycles. The van der Waals surface area contributed by atoms with Gasteiger partial charge in [-0.25, -0.2) is 4.79 Å². The molecule has 1 N–H and O–H groups in total. The minimum Gasteiger partial charge on any atom is -0.497 e. The maximum Gasteiger partial charge on any atom is 0.426 e. The van der Waals surface area contributed by atoms with Crippen LogP contribution >= 0.6 is 28.3 Å². The molecule has 0 bridgehead atoms. The third kappa shape index (κ3) is 7.56. The van der Waals surface area contributed by atoms with Crippen molar-refractivity contribution in [2.24, 2.45) is 0 Å². The molecule has 0 spiro atoms. The summed E-state index contributed by atoms with van der Waals surface area (Å²) in [6.45, 7) is 0.569. The Labute approximate surface area is 199 Å². The van der Waals surface area contributed by atoms with Crippen LogP contribution < -0.4 is 10.1 Å². The SMILES string of the molecule is COc1cccc([C@@H]2CCCN(CC(OC(=O)Nc3ccc(Br)cc3)C(F)(F)F)C2)c1.Cl. The van der Waals surface area contributed by atoms with Crippen LogP contribution in [0, 0.1) is 0 Å². The summed E-state index contributed by atoms with van der Waals surface area (Å²) in [6.07, 6.45) is -6.37. The van der Waals surface area contributed by atoms with Gasteiger partial charge in [0.2, 0.25) is 6.10 Å². The number of alkyl halides is 3. The smallest absolute Gasteiger partial charge is 0.426 e. The van der Waals surface area contributed by atoms with Crippen molar-refractivity contribution in [1.82, 2.24) is 4.90 Å². The molecule has 3 rings (SSSR count). The van der Waals surface area contributed by atoms with E-state index in [-0.39, 0.29) is 18.3 Å². The fourth-order valence-electron chi connectivity index (χ4n) is 3.64. The quantitative estimate of drug-likeness (QED) is 0.474. The summed E-state index contributed by atoms with van der Waals surface area (Å²) in [5.74, 6) is 0.810. The minimum absolute atomic E-state index is 0. The number of halogens is 5. The Morgan fingerprint density at radius 3 is 2.62 bits per heavy atom. The molecule has 2 aromatic carbocycles. The Bertz CT molecular complexity index is 883. The molecule has 176 valence electrons. The molecular formula is C22H25BrClF3N2O3. The summed E-state index contributed by atoms with van der Waals surface area (Å²) in [5.41, 5.74) is 1.38. The zero-order chi connectivity index (χ0) is 22.4. The Balaban J connectivity index is 0.00000363. The third-order valence-electron chi connectivity index (χ3n) is 5.20. The van der Waals surface area contributed by atoms with Gasteiger partial charge in [0, 0.05) is 23.2 Å². The van der Waals surface area contributed by atoms with Gasteiger partial charge in [-0.05, 0) is 67.3 Å². The number of amides is 1. The fraction of sp³-hybridized carbons (Fsp3) is 0.409. The first-order valence-corrected chi connectivity index (χ1v) is 10.7. The minimum atomic E-state index is -4.67. The summed E-state index contributed by atoms with van der Waals surface area (Å²) in [6, 6.07) is 14.1. The average Bonchev–Trinajstić information content (AvgIpc) is 2.74. The number of carbonyl (C=O) groups excluding carboxylic acids is 1. The highest BCUT2D eigenvalue weighted by Gasteiger charge is 2.44. The Morgan fingerprint density at radius 1 is 1.25 bits per heavy atom. The molecule has 2 atom stereocenters. The standard InChI is InChI=1S/C22H24BrF3N2O3.ClH/c1-30-19-6-2-4-15(12-19)16-5-3-11-28(13-16)14-20(22(24,25)26)31-21(29)27-18-9-7-17(23)8-10-18;/h2,4,6-10,12,16,20H,3,5,11,13-14H2,1H3,(H,27,29);1H/t16-,20?;/m1./s1. The molecule has 32 heavy (non-hydrogen) atoms. The molecule has 0 aliphatic carbocycles. The summed E-state index contributed by atoms with van der Waals surface area (Å²) >= 11 is 3.26. The molecule has 1 aliphatic rings. The van der Waals surface area contributed by atoms with E-state index in [0.29, 0.717) is 18.8 Å². The molecule has 1 heterocycles. The van der Waals surface area contributed by atoms with Crippen molar-refractivity contribution >= 4 is 40.1 Å². The van der Waals surface area contributed by atoms with Crippen molar-refractivity contribution in [2.75, 3.05) is 32.1 Å². The molecule has 5 nitrogen and oxygen atoms in total. The average molecular weight is 538 g/mol. The van der Waals surface area contributed by atoms with Crippen molar-refractivity contribution in [1.29, 1.82) is 0 Å². The van der Waals surface area contributed by atoms with E-state index in [1.165, 1.54) is 0 Å². The van der Waals surface area contributed by atoms with Crippen molar-refractivity contribution in [2.45, 2.75) is 31.0 Å². The van der Waals surface area contributed by atoms with Gasteiger partial charge in [0.05, 0.1) is 7.11 Å². The van der Waals surface area contributed by atoms with Crippen LogP contribution in [0.3, 0.4) is 0 Å². The number of carbonyl (C=O) groups is 1. The van der Waals surface area contributed by atoms with Crippen LogP contribution in [0.4, 0.5) is 23.7 Å². The maximum absolute atomic E-state index is 13.6. The predicted octanol–water partition coefficient (Wildman–Crippen LogP) is 6.24. The second-order valence-electron chi connectivity index (χ2n) is 7.44. The van der Waals surface area contributed by atoms with E-state index in [2.05, 4.69) is 21.2 Å². The molecule has 0 aromatic heterocycles. The molecule has 0 radical (unpaired) electrons. The largest absolute Gasteiger partial charge is 0.497 e. The Kier molecular flexibility index (Phi) is 9.66. The van der Waals surface area contributed by atoms with Gasteiger partial charge in [0.1, 0.15) is 5.75 Å². The zero-order valence-electron chi connectivity index (χ0n) is 17.4. The fourth-order valence-corrected chi connectivity index (χ4v) is 3.91. The lowest BCUT2D eigenvalue weighted by molar-refractivity contribution is -0.207. The number of methoxy groups -OCH3 is 1.